The third-order valence-electron chi connectivity index (χ3n) is 1.32. The third-order valence-corrected chi connectivity index (χ3v) is 1.32. The molecule has 1 aromatic heterocycles. The van der Waals surface area contributed by atoms with Crippen LogP contribution in [0.5, 0.6) is 0 Å². The van der Waals surface area contributed by atoms with Crippen molar-refractivity contribution in [3.8, 4) is 12.3 Å². The van der Waals surface area contributed by atoms with Crippen LogP contribution in [-0.4, -0.2) is 4.98 Å². The fraction of sp³-hybridized carbons (Fsp3) is 0.222. The van der Waals surface area contributed by atoms with Crippen LogP contribution in [0.25, 0.3) is 0 Å². The van der Waals surface area contributed by atoms with Crippen LogP contribution in [0, 0.1) is 12.3 Å². The second-order valence-corrected chi connectivity index (χ2v) is 2.01. The summed E-state index contributed by atoms with van der Waals surface area (Å²) in [6.07, 6.45) is 6.10. The van der Waals surface area contributed by atoms with Crippen molar-refractivity contribution in [2.45, 2.75) is 13.3 Å². The highest BCUT2D eigenvalue weighted by molar-refractivity contribution is 5.25. The average molecular weight is 131 g/mol. The van der Waals surface area contributed by atoms with Crippen LogP contribution >= 0.6 is 0 Å². The van der Waals surface area contributed by atoms with Gasteiger partial charge in [-0.05, 0) is 18.6 Å². The van der Waals surface area contributed by atoms with Crippen molar-refractivity contribution in [3.05, 3.63) is 29.6 Å². The van der Waals surface area contributed by atoms with E-state index in [4.69, 9.17) is 6.42 Å². The highest BCUT2D eigenvalue weighted by Crippen LogP contribution is 1.97. The molecule has 1 heteroatoms. The molecule has 0 aliphatic carbocycles. The lowest BCUT2D eigenvalue weighted by Gasteiger charge is -1.93. The summed E-state index contributed by atoms with van der Waals surface area (Å²) in [5.41, 5.74) is 1.77. The molecule has 0 aromatic carbocycles. The van der Waals surface area contributed by atoms with Crippen molar-refractivity contribution in [2.75, 3.05) is 0 Å². The highest BCUT2D eigenvalue weighted by Gasteiger charge is 1.89. The van der Waals surface area contributed by atoms with Crippen LogP contribution in [0.15, 0.2) is 18.2 Å². The SMILES string of the molecule is C#Cc1cccc(CC)n1. The minimum atomic E-state index is 0.722. The van der Waals surface area contributed by atoms with Gasteiger partial charge in [0, 0.05) is 5.69 Å². The van der Waals surface area contributed by atoms with Crippen molar-refractivity contribution < 1.29 is 0 Å². The Balaban J connectivity index is 3.01. The second kappa shape index (κ2) is 3.03. The van der Waals surface area contributed by atoms with E-state index in [2.05, 4.69) is 17.8 Å². The number of hydrogen-bond acceptors (Lipinski definition) is 1. The average Bonchev–Trinajstić information content (AvgIpc) is 2.05. The van der Waals surface area contributed by atoms with Gasteiger partial charge in [-0.15, -0.1) is 6.42 Å². The van der Waals surface area contributed by atoms with E-state index in [1.807, 2.05) is 18.2 Å². The van der Waals surface area contributed by atoms with Gasteiger partial charge in [0.15, 0.2) is 0 Å². The monoisotopic (exact) mass is 131 g/mol. The van der Waals surface area contributed by atoms with Gasteiger partial charge in [-0.3, -0.25) is 0 Å². The number of nitrogens with zero attached hydrogens (tertiary/aromatic N) is 1. The van der Waals surface area contributed by atoms with Crippen LogP contribution < -0.4 is 0 Å². The molecule has 0 aliphatic heterocycles. The van der Waals surface area contributed by atoms with Gasteiger partial charge in [-0.1, -0.05) is 18.9 Å². The van der Waals surface area contributed by atoms with E-state index in [-0.39, 0.29) is 0 Å². The van der Waals surface area contributed by atoms with Crippen LogP contribution in [-0.2, 0) is 6.42 Å². The van der Waals surface area contributed by atoms with E-state index < -0.39 is 0 Å². The zero-order chi connectivity index (χ0) is 7.40. The first-order valence-electron chi connectivity index (χ1n) is 3.29. The quantitative estimate of drug-likeness (QED) is 0.528. The predicted octanol–water partition coefficient (Wildman–Crippen LogP) is 1.63. The molecule has 0 bridgehead atoms. The molecule has 0 amide bonds. The summed E-state index contributed by atoms with van der Waals surface area (Å²) in [5, 5.41) is 0. The summed E-state index contributed by atoms with van der Waals surface area (Å²) in [6.45, 7) is 2.06. The van der Waals surface area contributed by atoms with Crippen molar-refractivity contribution >= 4 is 0 Å². The molecular weight excluding hydrogens is 122 g/mol. The predicted molar refractivity (Wildman–Crippen MR) is 41.6 cm³/mol. The summed E-state index contributed by atoms with van der Waals surface area (Å²) in [5.74, 6) is 2.49. The summed E-state index contributed by atoms with van der Waals surface area (Å²) < 4.78 is 0. The Hall–Kier alpha value is -1.29. The zero-order valence-corrected chi connectivity index (χ0v) is 5.96. The van der Waals surface area contributed by atoms with Crippen molar-refractivity contribution in [3.63, 3.8) is 0 Å². The minimum absolute atomic E-state index is 0.722. The fourth-order valence-electron chi connectivity index (χ4n) is 0.757. The van der Waals surface area contributed by atoms with Crippen LogP contribution in [0.4, 0.5) is 0 Å². The van der Waals surface area contributed by atoms with Gasteiger partial charge < -0.3 is 0 Å². The molecule has 0 atom stereocenters. The maximum Gasteiger partial charge on any atom is 0.113 e. The molecule has 0 saturated heterocycles. The molecular formula is C9H9N. The first-order valence-corrected chi connectivity index (χ1v) is 3.29. The van der Waals surface area contributed by atoms with E-state index in [1.54, 1.807) is 0 Å². The molecule has 1 rings (SSSR count). The number of aromatic nitrogens is 1. The van der Waals surface area contributed by atoms with Crippen molar-refractivity contribution in [1.82, 2.24) is 4.98 Å². The second-order valence-electron chi connectivity index (χ2n) is 2.01. The third kappa shape index (κ3) is 1.35. The lowest BCUT2D eigenvalue weighted by Crippen LogP contribution is -1.88. The van der Waals surface area contributed by atoms with E-state index in [0.29, 0.717) is 0 Å². The number of rotatable bonds is 1. The Bertz CT molecular complexity index is 258. The molecule has 0 aliphatic rings. The summed E-state index contributed by atoms with van der Waals surface area (Å²) in [7, 11) is 0. The van der Waals surface area contributed by atoms with Gasteiger partial charge in [0.2, 0.25) is 0 Å². The molecule has 0 N–H and O–H groups in total. The summed E-state index contributed by atoms with van der Waals surface area (Å²) in [6, 6.07) is 5.74. The molecule has 1 aromatic rings. The number of hydrogen-bond donors (Lipinski definition) is 0. The van der Waals surface area contributed by atoms with Crippen LogP contribution in [0.2, 0.25) is 0 Å². The highest BCUT2D eigenvalue weighted by atomic mass is 14.7. The molecule has 10 heavy (non-hydrogen) atoms. The Morgan fingerprint density at radius 3 is 3.00 bits per heavy atom. The Kier molecular flexibility index (Phi) is 2.07. The van der Waals surface area contributed by atoms with Gasteiger partial charge >= 0.3 is 0 Å². The topological polar surface area (TPSA) is 12.9 Å². The smallest absolute Gasteiger partial charge is 0.113 e. The zero-order valence-electron chi connectivity index (χ0n) is 5.96. The van der Waals surface area contributed by atoms with Crippen molar-refractivity contribution in [2.24, 2.45) is 0 Å². The first-order chi connectivity index (χ1) is 4.86. The molecule has 0 spiro atoms. The number of terminal acetylenes is 1. The Labute approximate surface area is 61.1 Å². The van der Waals surface area contributed by atoms with Gasteiger partial charge in [0.05, 0.1) is 0 Å². The van der Waals surface area contributed by atoms with Crippen molar-refractivity contribution in [1.29, 1.82) is 0 Å². The summed E-state index contributed by atoms with van der Waals surface area (Å²) >= 11 is 0. The molecule has 50 valence electrons. The van der Waals surface area contributed by atoms with E-state index in [0.717, 1.165) is 17.8 Å². The summed E-state index contributed by atoms with van der Waals surface area (Å²) in [4.78, 5) is 4.17. The van der Waals surface area contributed by atoms with E-state index >= 15 is 0 Å². The maximum atomic E-state index is 5.16. The first kappa shape index (κ1) is 6.82. The molecule has 0 unspecified atom stereocenters. The molecule has 0 saturated carbocycles. The van der Waals surface area contributed by atoms with Gasteiger partial charge in [-0.2, -0.15) is 0 Å². The van der Waals surface area contributed by atoms with Gasteiger partial charge in [-0.25, -0.2) is 4.98 Å². The molecule has 1 nitrogen and oxygen atoms in total. The Morgan fingerprint density at radius 2 is 2.40 bits per heavy atom. The van der Waals surface area contributed by atoms with Crippen LogP contribution in [0.1, 0.15) is 18.3 Å². The van der Waals surface area contributed by atoms with E-state index in [1.165, 1.54) is 0 Å². The maximum absolute atomic E-state index is 5.16. The molecule has 0 fully saturated rings. The number of pyridine rings is 1. The fourth-order valence-corrected chi connectivity index (χ4v) is 0.757. The van der Waals surface area contributed by atoms with Crippen LogP contribution in [0.3, 0.4) is 0 Å². The largest absolute Gasteiger partial charge is 0.244 e. The molecule has 1 heterocycles. The van der Waals surface area contributed by atoms with Gasteiger partial charge in [0.1, 0.15) is 5.69 Å². The molecule has 0 radical (unpaired) electrons. The number of aryl methyl sites for hydroxylation is 1. The minimum Gasteiger partial charge on any atom is -0.244 e. The standard InChI is InChI=1S/C9H9N/c1-3-8-6-5-7-9(4-2)10-8/h1,5-7H,4H2,2H3. The van der Waals surface area contributed by atoms with E-state index in [9.17, 15) is 0 Å². The van der Waals surface area contributed by atoms with Gasteiger partial charge in [0.25, 0.3) is 0 Å². The Morgan fingerprint density at radius 1 is 1.60 bits per heavy atom. The lowest BCUT2D eigenvalue weighted by atomic mass is 10.2. The normalized spacial score (nSPS) is 8.80. The lowest BCUT2D eigenvalue weighted by molar-refractivity contribution is 1.03.